The van der Waals surface area contributed by atoms with Crippen LogP contribution in [0.3, 0.4) is 0 Å². The number of amides is 1. The molecule has 6 heteroatoms. The van der Waals surface area contributed by atoms with Crippen LogP contribution in [0.15, 0.2) is 0 Å². The average Bonchev–Trinajstić information content (AvgIpc) is 2.03. The van der Waals surface area contributed by atoms with E-state index in [2.05, 4.69) is 0 Å². The molecule has 0 bridgehead atoms. The molecule has 0 aromatic carbocycles. The van der Waals surface area contributed by atoms with Crippen LogP contribution >= 0.6 is 0 Å². The minimum absolute atomic E-state index is 0.0262. The van der Waals surface area contributed by atoms with Crippen molar-refractivity contribution in [1.29, 1.82) is 0 Å². The summed E-state index contributed by atoms with van der Waals surface area (Å²) in [5, 5.41) is 26.4. The zero-order valence-corrected chi connectivity index (χ0v) is 6.88. The highest BCUT2D eigenvalue weighted by Crippen LogP contribution is 2.17. The van der Waals surface area contributed by atoms with Gasteiger partial charge in [0.25, 0.3) is 0 Å². The van der Waals surface area contributed by atoms with E-state index in [0.717, 1.165) is 4.90 Å². The lowest BCUT2D eigenvalue weighted by molar-refractivity contribution is -0.145. The summed E-state index contributed by atoms with van der Waals surface area (Å²) in [5.74, 6) is -1.21. The van der Waals surface area contributed by atoms with Crippen molar-refractivity contribution < 1.29 is 24.9 Å². The Hall–Kier alpha value is -1.30. The van der Waals surface area contributed by atoms with Crippen LogP contribution in [-0.2, 0) is 4.79 Å². The van der Waals surface area contributed by atoms with E-state index in [4.69, 9.17) is 15.3 Å². The first-order chi connectivity index (χ1) is 6.02. The molecule has 1 amide bonds. The molecular weight excluding hydrogens is 178 g/mol. The highest BCUT2D eigenvalue weighted by atomic mass is 16.4. The number of hydrogen-bond donors (Lipinski definition) is 3. The second-order valence-corrected chi connectivity index (χ2v) is 3.01. The molecule has 1 heterocycles. The van der Waals surface area contributed by atoms with E-state index in [9.17, 15) is 9.59 Å². The lowest BCUT2D eigenvalue weighted by Crippen LogP contribution is -2.50. The minimum atomic E-state index is -1.25. The molecule has 0 aliphatic carbocycles. The standard InChI is InChI=1S/C7H11NO5/c9-4-1-2-8(7(12)13)5(3-4)6(10)11/h4-5,9H,1-3H2,(H,10,11)(H,12,13)/t4-,5-/m0/s1. The number of hydrogen-bond acceptors (Lipinski definition) is 3. The van der Waals surface area contributed by atoms with Gasteiger partial charge in [0.1, 0.15) is 6.04 Å². The van der Waals surface area contributed by atoms with E-state index in [1.165, 1.54) is 0 Å². The topological polar surface area (TPSA) is 98.1 Å². The molecule has 0 spiro atoms. The summed E-state index contributed by atoms with van der Waals surface area (Å²) < 4.78 is 0. The number of carboxylic acid groups (broad SMARTS) is 2. The third kappa shape index (κ3) is 2.09. The highest BCUT2D eigenvalue weighted by Gasteiger charge is 2.35. The monoisotopic (exact) mass is 189 g/mol. The van der Waals surface area contributed by atoms with E-state index in [1.807, 2.05) is 0 Å². The van der Waals surface area contributed by atoms with E-state index < -0.39 is 24.2 Å². The van der Waals surface area contributed by atoms with Gasteiger partial charge in [-0.15, -0.1) is 0 Å². The van der Waals surface area contributed by atoms with Gasteiger partial charge in [-0.1, -0.05) is 0 Å². The molecule has 1 saturated heterocycles. The van der Waals surface area contributed by atoms with Gasteiger partial charge in [0, 0.05) is 13.0 Å². The number of carboxylic acids is 1. The Morgan fingerprint density at radius 3 is 2.38 bits per heavy atom. The smallest absolute Gasteiger partial charge is 0.408 e. The van der Waals surface area contributed by atoms with Gasteiger partial charge >= 0.3 is 12.1 Å². The molecule has 0 saturated carbocycles. The van der Waals surface area contributed by atoms with Crippen LogP contribution in [-0.4, -0.2) is 51.0 Å². The van der Waals surface area contributed by atoms with Crippen molar-refractivity contribution in [2.75, 3.05) is 6.54 Å². The van der Waals surface area contributed by atoms with Gasteiger partial charge in [-0.2, -0.15) is 0 Å². The molecule has 3 N–H and O–H groups in total. The quantitative estimate of drug-likeness (QED) is 0.520. The lowest BCUT2D eigenvalue weighted by Gasteiger charge is -2.32. The van der Waals surface area contributed by atoms with Crippen LogP contribution in [0, 0.1) is 0 Å². The molecule has 0 aromatic rings. The minimum Gasteiger partial charge on any atom is -0.480 e. The molecule has 2 atom stereocenters. The molecule has 0 unspecified atom stereocenters. The number of piperidine rings is 1. The summed E-state index contributed by atoms with van der Waals surface area (Å²) in [6.07, 6.45) is -1.69. The third-order valence-corrected chi connectivity index (χ3v) is 2.11. The van der Waals surface area contributed by atoms with Crippen molar-refractivity contribution in [3.63, 3.8) is 0 Å². The zero-order valence-electron chi connectivity index (χ0n) is 6.88. The number of nitrogens with zero attached hydrogens (tertiary/aromatic N) is 1. The van der Waals surface area contributed by atoms with Gasteiger partial charge < -0.3 is 15.3 Å². The van der Waals surface area contributed by atoms with Crippen molar-refractivity contribution in [2.24, 2.45) is 0 Å². The molecule has 1 fully saturated rings. The summed E-state index contributed by atoms with van der Waals surface area (Å²) in [5.41, 5.74) is 0. The lowest BCUT2D eigenvalue weighted by atomic mass is 10.0. The van der Waals surface area contributed by atoms with Gasteiger partial charge in [-0.25, -0.2) is 9.59 Å². The Kier molecular flexibility index (Phi) is 2.72. The van der Waals surface area contributed by atoms with Crippen LogP contribution in [0.2, 0.25) is 0 Å². The summed E-state index contributed by atoms with van der Waals surface area (Å²) in [7, 11) is 0. The normalized spacial score (nSPS) is 28.5. The van der Waals surface area contributed by atoms with E-state index >= 15 is 0 Å². The van der Waals surface area contributed by atoms with Gasteiger partial charge in [-0.05, 0) is 6.42 Å². The van der Waals surface area contributed by atoms with E-state index in [0.29, 0.717) is 6.42 Å². The fourth-order valence-corrected chi connectivity index (χ4v) is 1.41. The predicted molar refractivity (Wildman–Crippen MR) is 41.4 cm³/mol. The molecule has 1 rings (SSSR count). The highest BCUT2D eigenvalue weighted by molar-refractivity contribution is 5.79. The molecular formula is C7H11NO5. The van der Waals surface area contributed by atoms with Crippen LogP contribution < -0.4 is 0 Å². The fraction of sp³-hybridized carbons (Fsp3) is 0.714. The molecule has 6 nitrogen and oxygen atoms in total. The Labute approximate surface area is 74.4 Å². The van der Waals surface area contributed by atoms with Gasteiger partial charge in [0.05, 0.1) is 6.10 Å². The second-order valence-electron chi connectivity index (χ2n) is 3.01. The Balaban J connectivity index is 2.72. The van der Waals surface area contributed by atoms with E-state index in [-0.39, 0.29) is 13.0 Å². The number of likely N-dealkylation sites (tertiary alicyclic amines) is 1. The second kappa shape index (κ2) is 3.61. The van der Waals surface area contributed by atoms with Gasteiger partial charge in [0.15, 0.2) is 0 Å². The van der Waals surface area contributed by atoms with Crippen molar-refractivity contribution in [3.05, 3.63) is 0 Å². The number of aliphatic carboxylic acids is 1. The van der Waals surface area contributed by atoms with Crippen LogP contribution in [0.25, 0.3) is 0 Å². The first-order valence-corrected chi connectivity index (χ1v) is 3.93. The fourth-order valence-electron chi connectivity index (χ4n) is 1.41. The molecule has 0 aromatic heterocycles. The first kappa shape index (κ1) is 9.79. The Bertz CT molecular complexity index is 229. The molecule has 74 valence electrons. The summed E-state index contributed by atoms with van der Waals surface area (Å²) in [6.45, 7) is 0.0769. The summed E-state index contributed by atoms with van der Waals surface area (Å²) in [6, 6.07) is -1.11. The van der Waals surface area contributed by atoms with E-state index in [1.54, 1.807) is 0 Å². The van der Waals surface area contributed by atoms with Crippen molar-refractivity contribution in [1.82, 2.24) is 4.90 Å². The summed E-state index contributed by atoms with van der Waals surface area (Å²) in [4.78, 5) is 22.0. The van der Waals surface area contributed by atoms with Crippen molar-refractivity contribution in [3.8, 4) is 0 Å². The molecule has 1 aliphatic heterocycles. The Morgan fingerprint density at radius 1 is 1.31 bits per heavy atom. The number of carbonyl (C=O) groups is 2. The SMILES string of the molecule is O=C(O)[C@@H]1C[C@@H](O)CCN1C(=O)O. The first-order valence-electron chi connectivity index (χ1n) is 3.93. The number of aliphatic hydroxyl groups is 1. The Morgan fingerprint density at radius 2 is 1.92 bits per heavy atom. The van der Waals surface area contributed by atoms with Gasteiger partial charge in [0.2, 0.25) is 0 Å². The van der Waals surface area contributed by atoms with Crippen LogP contribution in [0.5, 0.6) is 0 Å². The van der Waals surface area contributed by atoms with Crippen molar-refractivity contribution in [2.45, 2.75) is 25.0 Å². The van der Waals surface area contributed by atoms with Crippen LogP contribution in [0.4, 0.5) is 4.79 Å². The number of rotatable bonds is 1. The largest absolute Gasteiger partial charge is 0.480 e. The van der Waals surface area contributed by atoms with Crippen molar-refractivity contribution >= 4 is 12.1 Å². The molecule has 0 radical (unpaired) electrons. The predicted octanol–water partition coefficient (Wildman–Crippen LogP) is -0.426. The average molecular weight is 189 g/mol. The zero-order chi connectivity index (χ0) is 10.0. The number of aliphatic hydroxyl groups excluding tert-OH is 1. The van der Waals surface area contributed by atoms with Crippen LogP contribution in [0.1, 0.15) is 12.8 Å². The molecule has 1 aliphatic rings. The van der Waals surface area contributed by atoms with Gasteiger partial charge in [-0.3, -0.25) is 4.90 Å². The maximum absolute atomic E-state index is 10.6. The molecule has 13 heavy (non-hydrogen) atoms. The maximum Gasteiger partial charge on any atom is 0.408 e. The summed E-state index contributed by atoms with van der Waals surface area (Å²) >= 11 is 0. The third-order valence-electron chi connectivity index (χ3n) is 2.11. The maximum atomic E-state index is 10.6.